The molecule has 1 amide bonds. The van der Waals surface area contributed by atoms with Crippen LogP contribution in [0.25, 0.3) is 0 Å². The minimum absolute atomic E-state index is 0.130. The first-order valence-corrected chi connectivity index (χ1v) is 12.8. The van der Waals surface area contributed by atoms with Crippen molar-refractivity contribution in [2.75, 3.05) is 37.3 Å². The molecule has 2 aliphatic heterocycles. The van der Waals surface area contributed by atoms with Crippen LogP contribution in [0.2, 0.25) is 0 Å². The zero-order valence-electron chi connectivity index (χ0n) is 19.1. The third-order valence-corrected chi connectivity index (χ3v) is 7.71. The SMILES string of the molecule is CC1Cc2ccc(C(C)N3CCN(c4ncc(S(C)(=O)=NC(=O)C(F)(F)F)cn4)CC3)cc2O1. The van der Waals surface area contributed by atoms with Crippen molar-refractivity contribution in [2.24, 2.45) is 4.36 Å². The third-order valence-electron chi connectivity index (χ3n) is 6.11. The fourth-order valence-electron chi connectivity index (χ4n) is 4.13. The van der Waals surface area contributed by atoms with Gasteiger partial charge in [-0.2, -0.15) is 13.2 Å². The van der Waals surface area contributed by atoms with Crippen molar-refractivity contribution in [3.63, 3.8) is 0 Å². The summed E-state index contributed by atoms with van der Waals surface area (Å²) in [4.78, 5) is 23.6. The molecule has 0 radical (unpaired) electrons. The Labute approximate surface area is 196 Å². The number of nitrogens with zero attached hydrogens (tertiary/aromatic N) is 5. The number of piperazine rings is 1. The predicted molar refractivity (Wildman–Crippen MR) is 120 cm³/mol. The number of rotatable bonds is 4. The van der Waals surface area contributed by atoms with Gasteiger partial charge in [-0.3, -0.25) is 9.69 Å². The molecule has 2 aliphatic rings. The fraction of sp³-hybridized carbons (Fsp3) is 0.500. The average molecular weight is 498 g/mol. The summed E-state index contributed by atoms with van der Waals surface area (Å²) in [5.74, 6) is -1.05. The molecule has 12 heteroatoms. The van der Waals surface area contributed by atoms with Crippen molar-refractivity contribution < 1.29 is 26.9 Å². The van der Waals surface area contributed by atoms with Crippen LogP contribution in [0.1, 0.15) is 31.0 Å². The zero-order chi connectivity index (χ0) is 24.7. The molecule has 2 aromatic rings. The topological polar surface area (TPSA) is 88.0 Å². The molecule has 184 valence electrons. The van der Waals surface area contributed by atoms with Crippen LogP contribution >= 0.6 is 0 Å². The van der Waals surface area contributed by atoms with Gasteiger partial charge in [-0.1, -0.05) is 12.1 Å². The fourth-order valence-corrected chi connectivity index (χ4v) is 5.15. The van der Waals surface area contributed by atoms with Crippen LogP contribution in [-0.2, 0) is 20.9 Å². The van der Waals surface area contributed by atoms with E-state index < -0.39 is 21.8 Å². The largest absolute Gasteiger partial charge is 0.490 e. The van der Waals surface area contributed by atoms with Crippen LogP contribution in [0.3, 0.4) is 0 Å². The van der Waals surface area contributed by atoms with Gasteiger partial charge in [0.2, 0.25) is 5.95 Å². The van der Waals surface area contributed by atoms with Crippen molar-refractivity contribution in [2.45, 2.75) is 43.5 Å². The number of carbonyl (C=O) groups excluding carboxylic acids is 1. The molecule has 1 aromatic heterocycles. The van der Waals surface area contributed by atoms with Crippen molar-refractivity contribution in [3.05, 3.63) is 41.7 Å². The van der Waals surface area contributed by atoms with Gasteiger partial charge in [-0.25, -0.2) is 14.2 Å². The second-order valence-corrected chi connectivity index (χ2v) is 10.9. The number of aromatic nitrogens is 2. The lowest BCUT2D eigenvalue weighted by atomic mass is 10.0. The maximum atomic E-state index is 12.5. The van der Waals surface area contributed by atoms with Crippen LogP contribution in [0.4, 0.5) is 19.1 Å². The molecule has 3 atom stereocenters. The summed E-state index contributed by atoms with van der Waals surface area (Å²) < 4.78 is 58.6. The van der Waals surface area contributed by atoms with Gasteiger partial charge < -0.3 is 9.64 Å². The van der Waals surface area contributed by atoms with Gasteiger partial charge in [0, 0.05) is 57.3 Å². The molecule has 0 aliphatic carbocycles. The Kier molecular flexibility index (Phi) is 6.56. The van der Waals surface area contributed by atoms with Crippen LogP contribution in [0.15, 0.2) is 39.9 Å². The number of carbonyl (C=O) groups is 1. The van der Waals surface area contributed by atoms with Gasteiger partial charge in [0.15, 0.2) is 0 Å². The second kappa shape index (κ2) is 9.14. The Balaban J connectivity index is 1.39. The van der Waals surface area contributed by atoms with E-state index in [0.717, 1.165) is 31.5 Å². The quantitative estimate of drug-likeness (QED) is 0.641. The summed E-state index contributed by atoms with van der Waals surface area (Å²) in [5.41, 5.74) is 2.43. The maximum absolute atomic E-state index is 12.5. The van der Waals surface area contributed by atoms with Crippen molar-refractivity contribution >= 4 is 21.6 Å². The molecule has 1 aromatic carbocycles. The molecule has 4 rings (SSSR count). The lowest BCUT2D eigenvalue weighted by molar-refractivity contribution is -0.169. The standard InChI is InChI=1S/C22H26F3N5O3S/c1-14-10-17-5-4-16(11-19(17)33-14)15(2)29-6-8-30(9-7-29)21-26-12-18(13-27-21)34(3,32)28-20(31)22(23,24)25/h4-5,11-15H,6-10H2,1-3H3. The van der Waals surface area contributed by atoms with Gasteiger partial charge in [0.1, 0.15) is 11.9 Å². The molecule has 1 fully saturated rings. The highest BCUT2D eigenvalue weighted by Gasteiger charge is 2.39. The Morgan fingerprint density at radius 2 is 1.85 bits per heavy atom. The van der Waals surface area contributed by atoms with E-state index in [9.17, 15) is 22.2 Å². The van der Waals surface area contributed by atoms with E-state index in [2.05, 4.69) is 51.3 Å². The first-order chi connectivity index (χ1) is 15.9. The van der Waals surface area contributed by atoms with E-state index in [4.69, 9.17) is 4.74 Å². The Morgan fingerprint density at radius 1 is 1.21 bits per heavy atom. The first kappa shape index (κ1) is 24.4. The lowest BCUT2D eigenvalue weighted by Gasteiger charge is -2.38. The Hall–Kier alpha value is -2.73. The van der Waals surface area contributed by atoms with Crippen molar-refractivity contribution in [1.29, 1.82) is 0 Å². The molecule has 0 bridgehead atoms. The number of hydrogen-bond acceptors (Lipinski definition) is 7. The van der Waals surface area contributed by atoms with Crippen molar-refractivity contribution in [1.82, 2.24) is 14.9 Å². The van der Waals surface area contributed by atoms with Gasteiger partial charge in [0.25, 0.3) is 0 Å². The van der Waals surface area contributed by atoms with Gasteiger partial charge in [-0.15, -0.1) is 4.36 Å². The van der Waals surface area contributed by atoms with Crippen molar-refractivity contribution in [3.8, 4) is 5.75 Å². The smallest absolute Gasteiger partial charge is 0.474 e. The van der Waals surface area contributed by atoms with Gasteiger partial charge >= 0.3 is 12.1 Å². The van der Waals surface area contributed by atoms with Crippen LogP contribution in [0.5, 0.6) is 5.75 Å². The maximum Gasteiger partial charge on any atom is 0.474 e. The normalized spacial score (nSPS) is 21.4. The monoisotopic (exact) mass is 497 g/mol. The number of alkyl halides is 3. The predicted octanol–water partition coefficient (Wildman–Crippen LogP) is 3.23. The van der Waals surface area contributed by atoms with Crippen LogP contribution < -0.4 is 9.64 Å². The van der Waals surface area contributed by atoms with E-state index in [-0.39, 0.29) is 17.0 Å². The van der Waals surface area contributed by atoms with Gasteiger partial charge in [-0.05, 0) is 31.0 Å². The lowest BCUT2D eigenvalue weighted by Crippen LogP contribution is -2.47. The van der Waals surface area contributed by atoms with E-state index in [1.807, 2.05) is 4.90 Å². The minimum atomic E-state index is -5.18. The molecule has 34 heavy (non-hydrogen) atoms. The molecular formula is C22H26F3N5O3S. The number of hydrogen-bond donors (Lipinski definition) is 0. The second-order valence-electron chi connectivity index (χ2n) is 8.61. The molecule has 1 saturated heterocycles. The number of ether oxygens (including phenoxy) is 1. The molecule has 0 spiro atoms. The third kappa shape index (κ3) is 5.17. The molecule has 0 saturated carbocycles. The molecule has 3 unspecified atom stereocenters. The van der Waals surface area contributed by atoms with E-state index in [0.29, 0.717) is 19.0 Å². The van der Waals surface area contributed by atoms with Crippen LogP contribution in [0, 0.1) is 0 Å². The number of amides is 1. The van der Waals surface area contributed by atoms with E-state index >= 15 is 0 Å². The molecule has 0 N–H and O–H groups in total. The summed E-state index contributed by atoms with van der Waals surface area (Å²) in [6, 6.07) is 6.61. The summed E-state index contributed by atoms with van der Waals surface area (Å²) >= 11 is 0. The summed E-state index contributed by atoms with van der Waals surface area (Å²) in [7, 11) is -3.61. The van der Waals surface area contributed by atoms with Gasteiger partial charge in [0.05, 0.1) is 14.6 Å². The zero-order valence-corrected chi connectivity index (χ0v) is 19.9. The van der Waals surface area contributed by atoms with Crippen LogP contribution in [-0.4, -0.2) is 69.7 Å². The minimum Gasteiger partial charge on any atom is -0.490 e. The number of anilines is 1. The number of halogens is 3. The molecule has 3 heterocycles. The highest BCUT2D eigenvalue weighted by Crippen LogP contribution is 2.33. The Bertz CT molecular complexity index is 1190. The van der Waals surface area contributed by atoms with E-state index in [1.165, 1.54) is 23.5 Å². The average Bonchev–Trinajstić information content (AvgIpc) is 3.17. The highest BCUT2D eigenvalue weighted by atomic mass is 32.2. The summed E-state index contributed by atoms with van der Waals surface area (Å²) in [5, 5.41) is 0. The number of benzene rings is 1. The highest BCUT2D eigenvalue weighted by molar-refractivity contribution is 7.93. The first-order valence-electron chi connectivity index (χ1n) is 10.9. The molecular weight excluding hydrogens is 471 g/mol. The summed E-state index contributed by atoms with van der Waals surface area (Å²) in [6.45, 7) is 7.06. The van der Waals surface area contributed by atoms with E-state index in [1.54, 1.807) is 0 Å². The number of fused-ring (bicyclic) bond motifs is 1. The molecule has 8 nitrogen and oxygen atoms in total. The summed E-state index contributed by atoms with van der Waals surface area (Å²) in [6.07, 6.45) is -0.755. The Morgan fingerprint density at radius 3 is 2.47 bits per heavy atom.